The van der Waals surface area contributed by atoms with E-state index in [1.165, 1.54) is 0 Å². The van der Waals surface area contributed by atoms with Crippen LogP contribution in [0, 0.1) is 5.92 Å². The molecule has 0 aliphatic carbocycles. The summed E-state index contributed by atoms with van der Waals surface area (Å²) < 4.78 is 1.16. The molecule has 2 aromatic rings. The van der Waals surface area contributed by atoms with E-state index in [0.717, 1.165) is 30.6 Å². The summed E-state index contributed by atoms with van der Waals surface area (Å²) in [6.45, 7) is 3.62. The Kier molecular flexibility index (Phi) is 3.68. The van der Waals surface area contributed by atoms with Crippen LogP contribution >= 0.6 is 0 Å². The van der Waals surface area contributed by atoms with Crippen LogP contribution in [-0.4, -0.2) is 38.9 Å². The van der Waals surface area contributed by atoms with E-state index in [4.69, 9.17) is 0 Å². The number of carbonyl (C=O) groups is 1. The van der Waals surface area contributed by atoms with Crippen LogP contribution in [0.25, 0.3) is 10.9 Å². The predicted molar refractivity (Wildman–Crippen MR) is 78.8 cm³/mol. The minimum atomic E-state index is -0.265. The third-order valence-electron chi connectivity index (χ3n) is 3.92. The first-order valence-electron chi connectivity index (χ1n) is 7.25. The summed E-state index contributed by atoms with van der Waals surface area (Å²) in [6.07, 6.45) is 2.17. The Labute approximate surface area is 122 Å². The van der Waals surface area contributed by atoms with Gasteiger partial charge in [0.2, 0.25) is 5.91 Å². The Morgan fingerprint density at radius 1 is 1.38 bits per heavy atom. The zero-order valence-corrected chi connectivity index (χ0v) is 12.0. The van der Waals surface area contributed by atoms with Crippen LogP contribution < -0.4 is 5.56 Å². The molecule has 1 fully saturated rings. The molecule has 0 saturated carbocycles. The molecule has 1 aromatic carbocycles. The molecule has 1 aliphatic heterocycles. The minimum absolute atomic E-state index is 0.0383. The lowest BCUT2D eigenvalue weighted by atomic mass is 10.0. The standard InChI is InChI=1S/C15H18N4O2/c1-11-5-4-8-18(9-11)14(20)10-19-15(21)12-6-2-3-7-13(12)16-17-19/h2-3,6-7,11H,4-5,8-10H2,1H3/t11-/m0/s1. The van der Waals surface area contributed by atoms with Gasteiger partial charge in [-0.2, -0.15) is 0 Å². The molecule has 0 unspecified atom stereocenters. The minimum Gasteiger partial charge on any atom is -0.341 e. The van der Waals surface area contributed by atoms with Gasteiger partial charge in [0.05, 0.1) is 5.39 Å². The number of hydrogen-bond acceptors (Lipinski definition) is 4. The molecule has 1 aromatic heterocycles. The predicted octanol–water partition coefficient (Wildman–Crippen LogP) is 1.05. The fourth-order valence-electron chi connectivity index (χ4n) is 2.77. The zero-order chi connectivity index (χ0) is 14.8. The Hall–Kier alpha value is -2.24. The Morgan fingerprint density at radius 3 is 3.00 bits per heavy atom. The van der Waals surface area contributed by atoms with Crippen LogP contribution in [0.4, 0.5) is 0 Å². The quantitative estimate of drug-likeness (QED) is 0.827. The summed E-state index contributed by atoms with van der Waals surface area (Å²) in [5.41, 5.74) is 0.289. The fourth-order valence-corrected chi connectivity index (χ4v) is 2.77. The van der Waals surface area contributed by atoms with Crippen molar-refractivity contribution in [3.8, 4) is 0 Å². The van der Waals surface area contributed by atoms with E-state index in [-0.39, 0.29) is 18.0 Å². The third kappa shape index (κ3) is 2.79. The Balaban J connectivity index is 1.83. The first-order chi connectivity index (χ1) is 10.1. The summed E-state index contributed by atoms with van der Waals surface area (Å²) in [5.74, 6) is 0.454. The van der Waals surface area contributed by atoms with Gasteiger partial charge in [-0.3, -0.25) is 9.59 Å². The summed E-state index contributed by atoms with van der Waals surface area (Å²) in [6, 6.07) is 7.03. The topological polar surface area (TPSA) is 68.1 Å². The molecular formula is C15H18N4O2. The molecule has 6 nitrogen and oxygen atoms in total. The number of nitrogens with zero attached hydrogens (tertiary/aromatic N) is 4. The van der Waals surface area contributed by atoms with Crippen molar-refractivity contribution in [3.05, 3.63) is 34.6 Å². The van der Waals surface area contributed by atoms with Crippen LogP contribution in [0.5, 0.6) is 0 Å². The highest BCUT2D eigenvalue weighted by atomic mass is 16.2. The lowest BCUT2D eigenvalue weighted by Gasteiger charge is -2.30. The molecule has 0 spiro atoms. The van der Waals surface area contributed by atoms with Crippen LogP contribution in [0.2, 0.25) is 0 Å². The molecule has 1 aliphatic rings. The monoisotopic (exact) mass is 286 g/mol. The van der Waals surface area contributed by atoms with Gasteiger partial charge in [-0.25, -0.2) is 4.68 Å². The molecule has 0 bridgehead atoms. The van der Waals surface area contributed by atoms with Crippen molar-refractivity contribution < 1.29 is 4.79 Å². The van der Waals surface area contributed by atoms with Gasteiger partial charge in [0.1, 0.15) is 12.1 Å². The molecule has 1 amide bonds. The second-order valence-corrected chi connectivity index (χ2v) is 5.66. The maximum atomic E-state index is 12.3. The molecule has 2 heterocycles. The average molecular weight is 286 g/mol. The molecule has 0 radical (unpaired) electrons. The number of piperidine rings is 1. The fraction of sp³-hybridized carbons (Fsp3) is 0.467. The van der Waals surface area contributed by atoms with Gasteiger partial charge in [-0.1, -0.05) is 24.3 Å². The maximum absolute atomic E-state index is 12.3. The first-order valence-corrected chi connectivity index (χ1v) is 7.25. The second kappa shape index (κ2) is 5.63. The van der Waals surface area contributed by atoms with Gasteiger partial charge in [0.15, 0.2) is 0 Å². The van der Waals surface area contributed by atoms with Gasteiger partial charge < -0.3 is 4.90 Å². The summed E-state index contributed by atoms with van der Waals surface area (Å²) in [7, 11) is 0. The van der Waals surface area contributed by atoms with Gasteiger partial charge in [0, 0.05) is 13.1 Å². The van der Waals surface area contributed by atoms with E-state index < -0.39 is 0 Å². The lowest BCUT2D eigenvalue weighted by molar-refractivity contribution is -0.133. The van der Waals surface area contributed by atoms with Crippen molar-refractivity contribution in [2.45, 2.75) is 26.3 Å². The van der Waals surface area contributed by atoms with Crippen molar-refractivity contribution in [2.24, 2.45) is 5.92 Å². The van der Waals surface area contributed by atoms with Crippen molar-refractivity contribution in [2.75, 3.05) is 13.1 Å². The molecule has 21 heavy (non-hydrogen) atoms. The van der Waals surface area contributed by atoms with Crippen molar-refractivity contribution in [3.63, 3.8) is 0 Å². The maximum Gasteiger partial charge on any atom is 0.278 e. The summed E-state index contributed by atoms with van der Waals surface area (Å²) in [4.78, 5) is 26.4. The van der Waals surface area contributed by atoms with E-state index in [9.17, 15) is 9.59 Å². The third-order valence-corrected chi connectivity index (χ3v) is 3.92. The molecule has 1 atom stereocenters. The lowest BCUT2D eigenvalue weighted by Crippen LogP contribution is -2.42. The van der Waals surface area contributed by atoms with Crippen molar-refractivity contribution in [1.29, 1.82) is 0 Å². The zero-order valence-electron chi connectivity index (χ0n) is 12.0. The number of hydrogen-bond donors (Lipinski definition) is 0. The summed E-state index contributed by atoms with van der Waals surface area (Å²) in [5, 5.41) is 8.36. The molecular weight excluding hydrogens is 268 g/mol. The number of fused-ring (bicyclic) bond motifs is 1. The smallest absolute Gasteiger partial charge is 0.278 e. The molecule has 110 valence electrons. The van der Waals surface area contributed by atoms with Gasteiger partial charge >= 0.3 is 0 Å². The first kappa shape index (κ1) is 13.7. The number of likely N-dealkylation sites (tertiary alicyclic amines) is 1. The number of aromatic nitrogens is 3. The normalized spacial score (nSPS) is 18.9. The molecule has 3 rings (SSSR count). The van der Waals surface area contributed by atoms with E-state index in [2.05, 4.69) is 17.2 Å². The largest absolute Gasteiger partial charge is 0.341 e. The number of amides is 1. The molecule has 0 N–H and O–H groups in total. The number of carbonyl (C=O) groups excluding carboxylic acids is 1. The number of benzene rings is 1. The van der Waals surface area contributed by atoms with Gasteiger partial charge in [-0.05, 0) is 30.9 Å². The van der Waals surface area contributed by atoms with Crippen molar-refractivity contribution >= 4 is 16.8 Å². The highest BCUT2D eigenvalue weighted by molar-refractivity contribution is 5.78. The van der Waals surface area contributed by atoms with Gasteiger partial charge in [-0.15, -0.1) is 5.10 Å². The second-order valence-electron chi connectivity index (χ2n) is 5.66. The van der Waals surface area contributed by atoms with E-state index in [1.807, 2.05) is 4.90 Å². The van der Waals surface area contributed by atoms with E-state index in [1.54, 1.807) is 24.3 Å². The van der Waals surface area contributed by atoms with E-state index >= 15 is 0 Å². The highest BCUT2D eigenvalue weighted by Gasteiger charge is 2.21. The van der Waals surface area contributed by atoms with Gasteiger partial charge in [0.25, 0.3) is 5.56 Å². The Morgan fingerprint density at radius 2 is 2.19 bits per heavy atom. The SMILES string of the molecule is C[C@H]1CCCN(C(=O)Cn2nnc3ccccc3c2=O)C1. The van der Waals surface area contributed by atoms with Crippen LogP contribution in [0.3, 0.4) is 0 Å². The summed E-state index contributed by atoms with van der Waals surface area (Å²) >= 11 is 0. The Bertz CT molecular complexity index is 725. The van der Waals surface area contributed by atoms with Crippen molar-refractivity contribution in [1.82, 2.24) is 19.9 Å². The van der Waals surface area contributed by atoms with Crippen LogP contribution in [0.15, 0.2) is 29.1 Å². The highest BCUT2D eigenvalue weighted by Crippen LogP contribution is 2.15. The molecule has 6 heteroatoms. The molecule has 1 saturated heterocycles. The van der Waals surface area contributed by atoms with Crippen LogP contribution in [-0.2, 0) is 11.3 Å². The number of rotatable bonds is 2. The van der Waals surface area contributed by atoms with E-state index in [0.29, 0.717) is 16.8 Å². The van der Waals surface area contributed by atoms with Crippen LogP contribution in [0.1, 0.15) is 19.8 Å². The average Bonchev–Trinajstić information content (AvgIpc) is 2.50.